The molecule has 4 heteroatoms. The molecule has 0 aromatic heterocycles. The lowest BCUT2D eigenvalue weighted by molar-refractivity contribution is 0.0926. The van der Waals surface area contributed by atoms with Gasteiger partial charge in [0.05, 0.1) is 0 Å². The molecular weight excluding hydrogens is 363 g/mol. The zero-order valence-electron chi connectivity index (χ0n) is 16.2. The minimum atomic E-state index is -0.336. The van der Waals surface area contributed by atoms with E-state index in [1.54, 1.807) is 0 Å². The maximum Gasteiger partial charge on any atom is 0.251 e. The Morgan fingerprint density at radius 2 is 1.45 bits per heavy atom. The smallest absolute Gasteiger partial charge is 0.251 e. The van der Waals surface area contributed by atoms with E-state index in [4.69, 9.17) is 0 Å². The van der Waals surface area contributed by atoms with Crippen LogP contribution in [0.4, 0.5) is 4.39 Å². The van der Waals surface area contributed by atoms with Crippen LogP contribution in [0, 0.1) is 5.82 Å². The molecule has 0 saturated carbocycles. The zero-order chi connectivity index (χ0) is 20.1. The Kier molecular flexibility index (Phi) is 6.01. The Morgan fingerprint density at radius 1 is 0.862 bits per heavy atom. The van der Waals surface area contributed by atoms with Gasteiger partial charge < -0.3 is 10.6 Å². The molecule has 1 saturated heterocycles. The predicted octanol–water partition coefficient (Wildman–Crippen LogP) is 4.51. The molecule has 0 bridgehead atoms. The zero-order valence-corrected chi connectivity index (χ0v) is 16.2. The Balaban J connectivity index is 1.43. The number of rotatable bonds is 5. The normalized spacial score (nSPS) is 19.1. The molecule has 2 atom stereocenters. The molecule has 3 aromatic rings. The first-order chi connectivity index (χ1) is 14.2. The third kappa shape index (κ3) is 4.72. The minimum Gasteiger partial charge on any atom is -0.348 e. The molecule has 0 unspecified atom stereocenters. The molecule has 4 rings (SSSR count). The van der Waals surface area contributed by atoms with Crippen molar-refractivity contribution in [2.24, 2.45) is 0 Å². The van der Waals surface area contributed by atoms with E-state index in [9.17, 15) is 9.18 Å². The van der Waals surface area contributed by atoms with Crippen molar-refractivity contribution in [2.75, 3.05) is 6.54 Å². The van der Waals surface area contributed by atoms with Crippen molar-refractivity contribution in [3.63, 3.8) is 0 Å². The molecule has 3 nitrogen and oxygen atoms in total. The van der Waals surface area contributed by atoms with E-state index in [-0.39, 0.29) is 23.7 Å². The average molecular weight is 388 g/mol. The molecule has 1 aliphatic rings. The highest BCUT2D eigenvalue weighted by Gasteiger charge is 2.30. The fourth-order valence-electron chi connectivity index (χ4n) is 4.13. The maximum atomic E-state index is 13.1. The summed E-state index contributed by atoms with van der Waals surface area (Å²) < 4.78 is 13.1. The number of benzene rings is 3. The van der Waals surface area contributed by atoms with Crippen molar-refractivity contribution < 1.29 is 9.18 Å². The van der Waals surface area contributed by atoms with Crippen LogP contribution in [0.5, 0.6) is 0 Å². The number of carbonyl (C=O) groups is 1. The molecule has 0 spiro atoms. The first kappa shape index (κ1) is 19.3. The van der Waals surface area contributed by atoms with Gasteiger partial charge in [-0.05, 0) is 48.2 Å². The third-order valence-electron chi connectivity index (χ3n) is 5.61. The molecule has 29 heavy (non-hydrogen) atoms. The summed E-state index contributed by atoms with van der Waals surface area (Å²) in [6.07, 6.45) is 1.86. The van der Waals surface area contributed by atoms with E-state index >= 15 is 0 Å². The third-order valence-corrected chi connectivity index (χ3v) is 5.61. The second-order valence-corrected chi connectivity index (χ2v) is 7.57. The van der Waals surface area contributed by atoms with Gasteiger partial charge in [0.15, 0.2) is 0 Å². The van der Waals surface area contributed by atoms with Gasteiger partial charge >= 0.3 is 0 Å². The average Bonchev–Trinajstić information content (AvgIpc) is 2.77. The van der Waals surface area contributed by atoms with Gasteiger partial charge in [-0.15, -0.1) is 0 Å². The van der Waals surface area contributed by atoms with Gasteiger partial charge in [-0.2, -0.15) is 0 Å². The summed E-state index contributed by atoms with van der Waals surface area (Å²) in [7, 11) is 0. The molecule has 0 radical (unpaired) electrons. The summed E-state index contributed by atoms with van der Waals surface area (Å²) in [6, 6.07) is 27.2. The molecular formula is C25H25FN2O. The van der Waals surface area contributed by atoms with E-state index < -0.39 is 0 Å². The van der Waals surface area contributed by atoms with Crippen LogP contribution in [0.2, 0.25) is 0 Å². The highest BCUT2D eigenvalue weighted by Crippen LogP contribution is 2.31. The fraction of sp³-hybridized carbons (Fsp3) is 0.240. The summed E-state index contributed by atoms with van der Waals surface area (Å²) in [6.45, 7) is 0.716. The highest BCUT2D eigenvalue weighted by atomic mass is 19.1. The molecule has 3 aromatic carbocycles. The van der Waals surface area contributed by atoms with Gasteiger partial charge in [0, 0.05) is 30.1 Å². The van der Waals surface area contributed by atoms with Gasteiger partial charge in [0.25, 0.3) is 5.91 Å². The van der Waals surface area contributed by atoms with Gasteiger partial charge in [0.2, 0.25) is 0 Å². The van der Waals surface area contributed by atoms with Crippen LogP contribution < -0.4 is 10.6 Å². The van der Waals surface area contributed by atoms with Crippen molar-refractivity contribution in [3.05, 3.63) is 107 Å². The lowest BCUT2D eigenvalue weighted by Gasteiger charge is -2.36. The number of nitrogens with one attached hydrogen (secondary N) is 2. The lowest BCUT2D eigenvalue weighted by atomic mass is 9.81. The van der Waals surface area contributed by atoms with Gasteiger partial charge in [-0.25, -0.2) is 4.39 Å². The van der Waals surface area contributed by atoms with Crippen LogP contribution >= 0.6 is 0 Å². The van der Waals surface area contributed by atoms with Crippen LogP contribution in [0.3, 0.4) is 0 Å². The van der Waals surface area contributed by atoms with Crippen molar-refractivity contribution in [1.82, 2.24) is 10.6 Å². The molecule has 148 valence electrons. The summed E-state index contributed by atoms with van der Waals surface area (Å²) >= 11 is 0. The Morgan fingerprint density at radius 3 is 1.97 bits per heavy atom. The first-order valence-electron chi connectivity index (χ1n) is 10.1. The van der Waals surface area contributed by atoms with E-state index in [2.05, 4.69) is 59.2 Å². The topological polar surface area (TPSA) is 41.1 Å². The van der Waals surface area contributed by atoms with Crippen LogP contribution in [0.25, 0.3) is 0 Å². The predicted molar refractivity (Wildman–Crippen MR) is 113 cm³/mol. The highest BCUT2D eigenvalue weighted by molar-refractivity contribution is 5.94. The van der Waals surface area contributed by atoms with Gasteiger partial charge in [0.1, 0.15) is 5.82 Å². The molecule has 1 aliphatic heterocycles. The Hall–Kier alpha value is -2.98. The number of hydrogen-bond acceptors (Lipinski definition) is 2. The summed E-state index contributed by atoms with van der Waals surface area (Å²) in [5, 5.41) is 6.73. The number of halogens is 1. The van der Waals surface area contributed by atoms with Crippen molar-refractivity contribution in [2.45, 2.75) is 30.8 Å². The number of piperidine rings is 1. The molecule has 1 fully saturated rings. The SMILES string of the molecule is O=C(N[C@@H]1CC[C@H](C(c2ccccc2)c2ccccc2)NC1)c1ccc(F)cc1. The van der Waals surface area contributed by atoms with E-state index in [0.29, 0.717) is 18.2 Å². The number of hydrogen-bond donors (Lipinski definition) is 2. The van der Waals surface area contributed by atoms with Crippen molar-refractivity contribution in [3.8, 4) is 0 Å². The fourth-order valence-corrected chi connectivity index (χ4v) is 4.13. The summed E-state index contributed by atoms with van der Waals surface area (Å²) in [5.41, 5.74) is 3.08. The van der Waals surface area contributed by atoms with Crippen molar-refractivity contribution >= 4 is 5.91 Å². The molecule has 1 heterocycles. The van der Waals surface area contributed by atoms with Gasteiger partial charge in [-0.3, -0.25) is 4.79 Å². The van der Waals surface area contributed by atoms with Crippen molar-refractivity contribution in [1.29, 1.82) is 0 Å². The summed E-state index contributed by atoms with van der Waals surface area (Å²) in [5.74, 6) is -0.222. The first-order valence-corrected chi connectivity index (χ1v) is 10.1. The Labute approximate surface area is 171 Å². The second-order valence-electron chi connectivity index (χ2n) is 7.57. The number of amides is 1. The summed E-state index contributed by atoms with van der Waals surface area (Å²) in [4.78, 5) is 12.4. The quantitative estimate of drug-likeness (QED) is 0.675. The molecule has 0 aliphatic carbocycles. The lowest BCUT2D eigenvalue weighted by Crippen LogP contribution is -2.51. The van der Waals surface area contributed by atoms with Crippen LogP contribution in [0.15, 0.2) is 84.9 Å². The largest absolute Gasteiger partial charge is 0.348 e. The monoisotopic (exact) mass is 388 g/mol. The molecule has 2 N–H and O–H groups in total. The van der Waals surface area contributed by atoms with Crippen LogP contribution in [0.1, 0.15) is 40.2 Å². The standard InChI is InChI=1S/C25H25FN2O/c26-21-13-11-20(12-14-21)25(29)28-22-15-16-23(27-17-22)24(18-7-3-1-4-8-18)19-9-5-2-6-10-19/h1-14,22-24,27H,15-17H2,(H,28,29)/t22-,23-/m1/s1. The van der Waals surface area contributed by atoms with Gasteiger partial charge in [-0.1, -0.05) is 60.7 Å². The number of carbonyl (C=O) groups excluding carboxylic acids is 1. The molecule has 1 amide bonds. The maximum absolute atomic E-state index is 13.1. The Bertz CT molecular complexity index is 881. The van der Waals surface area contributed by atoms with E-state index in [1.807, 2.05) is 12.1 Å². The van der Waals surface area contributed by atoms with Crippen LogP contribution in [-0.2, 0) is 0 Å². The van der Waals surface area contributed by atoms with Crippen LogP contribution in [-0.4, -0.2) is 24.5 Å². The second kappa shape index (κ2) is 9.01. The van der Waals surface area contributed by atoms with E-state index in [1.165, 1.54) is 35.4 Å². The van der Waals surface area contributed by atoms with E-state index in [0.717, 1.165) is 12.8 Å². The minimum absolute atomic E-state index is 0.0657.